The predicted molar refractivity (Wildman–Crippen MR) is 104 cm³/mol. The number of nitrogens with one attached hydrogen (secondary N) is 1. The van der Waals surface area contributed by atoms with Gasteiger partial charge < -0.3 is 14.8 Å². The Kier molecular flexibility index (Phi) is 6.91. The third-order valence-electron chi connectivity index (χ3n) is 3.63. The molecule has 1 aromatic carbocycles. The van der Waals surface area contributed by atoms with Crippen molar-refractivity contribution in [2.24, 2.45) is 0 Å². The summed E-state index contributed by atoms with van der Waals surface area (Å²) in [5.41, 5.74) is -0.493. The van der Waals surface area contributed by atoms with Crippen LogP contribution in [-0.4, -0.2) is 29.6 Å². The van der Waals surface area contributed by atoms with Crippen molar-refractivity contribution in [3.05, 3.63) is 51.9 Å². The van der Waals surface area contributed by atoms with Crippen LogP contribution in [0.4, 0.5) is 18.2 Å². The summed E-state index contributed by atoms with van der Waals surface area (Å²) in [6.07, 6.45) is -5.17. The molecule has 2 aromatic rings. The lowest BCUT2D eigenvalue weighted by molar-refractivity contribution is -0.167. The molecule has 0 aliphatic rings. The highest BCUT2D eigenvalue weighted by Gasteiger charge is 2.40. The molecule has 162 valence electrons. The Hall–Kier alpha value is -2.88. The summed E-state index contributed by atoms with van der Waals surface area (Å²) in [6, 6.07) is 8.76. The first-order valence-corrected chi connectivity index (χ1v) is 9.57. The van der Waals surface area contributed by atoms with Gasteiger partial charge in [-0.25, -0.2) is 9.59 Å². The molecule has 2 rings (SSSR count). The van der Waals surface area contributed by atoms with Crippen LogP contribution in [0.3, 0.4) is 0 Å². The molecule has 6 nitrogen and oxygen atoms in total. The number of amides is 1. The van der Waals surface area contributed by atoms with Crippen molar-refractivity contribution < 1.29 is 37.0 Å². The molecule has 10 heteroatoms. The van der Waals surface area contributed by atoms with E-state index >= 15 is 0 Å². The van der Waals surface area contributed by atoms with Crippen molar-refractivity contribution in [2.75, 3.05) is 5.32 Å². The Labute approximate surface area is 175 Å². The molecule has 1 aromatic heterocycles. The summed E-state index contributed by atoms with van der Waals surface area (Å²) in [5.74, 6) is -4.06. The fourth-order valence-electron chi connectivity index (χ4n) is 2.33. The van der Waals surface area contributed by atoms with E-state index in [0.29, 0.717) is 16.9 Å². The lowest BCUT2D eigenvalue weighted by Gasteiger charge is -2.20. The fourth-order valence-corrected chi connectivity index (χ4v) is 3.42. The number of hydrogen-bond acceptors (Lipinski definition) is 6. The van der Waals surface area contributed by atoms with Crippen LogP contribution in [0.5, 0.6) is 0 Å². The highest BCUT2D eigenvalue weighted by molar-refractivity contribution is 7.18. The van der Waals surface area contributed by atoms with Gasteiger partial charge in [-0.3, -0.25) is 4.79 Å². The topological polar surface area (TPSA) is 81.7 Å². The summed E-state index contributed by atoms with van der Waals surface area (Å²) in [5, 5.41) is 1.22. The zero-order chi connectivity index (χ0) is 22.7. The van der Waals surface area contributed by atoms with Gasteiger partial charge in [0.1, 0.15) is 22.1 Å². The van der Waals surface area contributed by atoms with E-state index in [0.717, 1.165) is 0 Å². The van der Waals surface area contributed by atoms with Crippen molar-refractivity contribution in [1.82, 2.24) is 0 Å². The first-order valence-electron chi connectivity index (χ1n) is 8.75. The number of esters is 2. The number of thiophene rings is 1. The lowest BCUT2D eigenvalue weighted by Crippen LogP contribution is -2.30. The molecule has 0 bridgehead atoms. The summed E-state index contributed by atoms with van der Waals surface area (Å²) in [6.45, 7) is 6.04. The molecule has 30 heavy (non-hydrogen) atoms. The molecule has 1 N–H and O–H groups in total. The average Bonchev–Trinajstić information content (AvgIpc) is 2.94. The molecule has 1 amide bonds. The smallest absolute Gasteiger partial charge is 0.457 e. The highest BCUT2D eigenvalue weighted by Crippen LogP contribution is 2.36. The standard InChI is InChI=1S/C20H20F3NO5S/c1-11-13(16(25)29-19(2,3)4)15(24-18(27)20(21,22)23)30-14(11)17(26)28-10-12-8-6-5-7-9-12/h5-9H,10H2,1-4H3,(H,24,27). The average molecular weight is 443 g/mol. The Bertz CT molecular complexity index is 946. The van der Waals surface area contributed by atoms with Gasteiger partial charge in [0.2, 0.25) is 0 Å². The first-order chi connectivity index (χ1) is 13.8. The zero-order valence-corrected chi connectivity index (χ0v) is 17.5. The van der Waals surface area contributed by atoms with E-state index in [4.69, 9.17) is 9.47 Å². The fraction of sp³-hybridized carbons (Fsp3) is 0.350. The van der Waals surface area contributed by atoms with Gasteiger partial charge in [0.25, 0.3) is 0 Å². The molecule has 0 aliphatic carbocycles. The van der Waals surface area contributed by atoms with Crippen LogP contribution >= 0.6 is 11.3 Å². The van der Waals surface area contributed by atoms with E-state index in [2.05, 4.69) is 0 Å². The van der Waals surface area contributed by atoms with Crippen LogP contribution in [-0.2, 0) is 20.9 Å². The highest BCUT2D eigenvalue weighted by atomic mass is 32.1. The molecule has 0 saturated heterocycles. The number of anilines is 1. The van der Waals surface area contributed by atoms with Crippen molar-refractivity contribution in [3.63, 3.8) is 0 Å². The number of carbonyl (C=O) groups excluding carboxylic acids is 3. The third kappa shape index (κ3) is 6.06. The zero-order valence-electron chi connectivity index (χ0n) is 16.7. The van der Waals surface area contributed by atoms with E-state index in [1.807, 2.05) is 0 Å². The third-order valence-corrected chi connectivity index (χ3v) is 4.82. The Balaban J connectivity index is 2.36. The summed E-state index contributed by atoms with van der Waals surface area (Å²) < 4.78 is 48.5. The summed E-state index contributed by atoms with van der Waals surface area (Å²) >= 11 is 0.521. The quantitative estimate of drug-likeness (QED) is 0.667. The van der Waals surface area contributed by atoms with Gasteiger partial charge in [-0.2, -0.15) is 13.2 Å². The minimum absolute atomic E-state index is 0.0600. The first kappa shape index (κ1) is 23.4. The number of alkyl halides is 3. The van der Waals surface area contributed by atoms with Crippen LogP contribution in [0.25, 0.3) is 0 Å². The lowest BCUT2D eigenvalue weighted by atomic mass is 10.1. The van der Waals surface area contributed by atoms with Crippen molar-refractivity contribution in [1.29, 1.82) is 0 Å². The van der Waals surface area contributed by atoms with E-state index in [1.165, 1.54) is 6.92 Å². The molecule has 0 spiro atoms. The summed E-state index contributed by atoms with van der Waals surface area (Å²) in [7, 11) is 0. The van der Waals surface area contributed by atoms with Crippen LogP contribution in [0, 0.1) is 6.92 Å². The van der Waals surface area contributed by atoms with Crippen LogP contribution in [0.1, 0.15) is 51.9 Å². The molecule has 1 heterocycles. The van der Waals surface area contributed by atoms with Crippen molar-refractivity contribution in [2.45, 2.75) is 46.1 Å². The maximum Gasteiger partial charge on any atom is 0.471 e. The molecule has 0 atom stereocenters. The molecule has 0 radical (unpaired) electrons. The van der Waals surface area contributed by atoms with Crippen LogP contribution < -0.4 is 5.32 Å². The van der Waals surface area contributed by atoms with E-state index in [-0.39, 0.29) is 22.6 Å². The number of benzene rings is 1. The monoisotopic (exact) mass is 443 g/mol. The largest absolute Gasteiger partial charge is 0.471 e. The normalized spacial score (nSPS) is 11.7. The van der Waals surface area contributed by atoms with Crippen LogP contribution in [0.15, 0.2) is 30.3 Å². The number of ether oxygens (including phenoxy) is 2. The molecular formula is C20H20F3NO5S. The van der Waals surface area contributed by atoms with Crippen LogP contribution in [0.2, 0.25) is 0 Å². The molecular weight excluding hydrogens is 423 g/mol. The summed E-state index contributed by atoms with van der Waals surface area (Å²) in [4.78, 5) is 36.3. The minimum atomic E-state index is -5.17. The van der Waals surface area contributed by atoms with E-state index in [1.54, 1.807) is 56.4 Å². The number of halogens is 3. The van der Waals surface area contributed by atoms with Gasteiger partial charge in [-0.05, 0) is 38.8 Å². The number of hydrogen-bond donors (Lipinski definition) is 1. The van der Waals surface area contributed by atoms with Crippen molar-refractivity contribution >= 4 is 34.2 Å². The van der Waals surface area contributed by atoms with Gasteiger partial charge in [0.15, 0.2) is 0 Å². The van der Waals surface area contributed by atoms with Gasteiger partial charge in [-0.1, -0.05) is 30.3 Å². The van der Waals surface area contributed by atoms with Crippen molar-refractivity contribution in [3.8, 4) is 0 Å². The van der Waals surface area contributed by atoms with Gasteiger partial charge in [0.05, 0.1) is 5.56 Å². The van der Waals surface area contributed by atoms with Gasteiger partial charge in [0, 0.05) is 0 Å². The Morgan fingerprint density at radius 1 is 1.03 bits per heavy atom. The second-order valence-electron chi connectivity index (χ2n) is 7.28. The molecule has 0 fully saturated rings. The maximum atomic E-state index is 12.7. The predicted octanol–water partition coefficient (Wildman–Crippen LogP) is 4.87. The number of rotatable bonds is 5. The Morgan fingerprint density at radius 3 is 2.17 bits per heavy atom. The van der Waals surface area contributed by atoms with Gasteiger partial charge >= 0.3 is 24.0 Å². The minimum Gasteiger partial charge on any atom is -0.457 e. The Morgan fingerprint density at radius 2 is 1.63 bits per heavy atom. The van der Waals surface area contributed by atoms with Gasteiger partial charge in [-0.15, -0.1) is 11.3 Å². The number of carbonyl (C=O) groups is 3. The second kappa shape index (κ2) is 8.86. The van der Waals surface area contributed by atoms with E-state index < -0.39 is 34.6 Å². The SMILES string of the molecule is Cc1c(C(=O)OCc2ccccc2)sc(NC(=O)C(F)(F)F)c1C(=O)OC(C)(C)C. The van der Waals surface area contributed by atoms with E-state index in [9.17, 15) is 27.6 Å². The maximum absolute atomic E-state index is 12.7. The molecule has 0 unspecified atom stereocenters. The molecule has 0 aliphatic heterocycles. The second-order valence-corrected chi connectivity index (χ2v) is 8.30. The molecule has 0 saturated carbocycles.